The van der Waals surface area contributed by atoms with Crippen LogP contribution in [0.25, 0.3) is 0 Å². The van der Waals surface area contributed by atoms with Gasteiger partial charge < -0.3 is 0 Å². The van der Waals surface area contributed by atoms with Crippen LogP contribution in [-0.4, -0.2) is 21.0 Å². The highest BCUT2D eigenvalue weighted by Crippen LogP contribution is 2.43. The van der Waals surface area contributed by atoms with Gasteiger partial charge in [0, 0.05) is 0 Å². The summed E-state index contributed by atoms with van der Waals surface area (Å²) in [5, 5.41) is -0.131. The van der Waals surface area contributed by atoms with Crippen molar-refractivity contribution in [1.29, 1.82) is 0 Å². The lowest BCUT2D eigenvalue weighted by Crippen LogP contribution is -2.44. The van der Waals surface area contributed by atoms with Crippen molar-refractivity contribution in [2.45, 2.75) is 47.2 Å². The van der Waals surface area contributed by atoms with E-state index in [0.29, 0.717) is 12.8 Å². The predicted molar refractivity (Wildman–Crippen MR) is 57.0 cm³/mol. The highest BCUT2D eigenvalue weighted by molar-refractivity contribution is 6.36. The molecule has 0 aliphatic heterocycles. The molecule has 0 spiro atoms. The van der Waals surface area contributed by atoms with Gasteiger partial charge in [-0.3, -0.25) is 0 Å². The molecular formula is C8H12Cl4. The van der Waals surface area contributed by atoms with E-state index in [0.717, 1.165) is 6.42 Å². The molecule has 1 aliphatic carbocycles. The molecule has 0 amide bonds. The summed E-state index contributed by atoms with van der Waals surface area (Å²) >= 11 is 24.4. The maximum Gasteiger partial charge on any atom is 0.0622 e. The minimum absolute atomic E-state index is 0.0346. The molecule has 0 aromatic heterocycles. The molecule has 72 valence electrons. The Labute approximate surface area is 93.5 Å². The molecule has 0 heterocycles. The van der Waals surface area contributed by atoms with Gasteiger partial charge in [-0.05, 0) is 19.3 Å². The Balaban J connectivity index is 2.67. The Hall–Kier alpha value is 1.16. The van der Waals surface area contributed by atoms with Crippen LogP contribution >= 0.6 is 46.4 Å². The Morgan fingerprint density at radius 1 is 1.25 bits per heavy atom. The third kappa shape index (κ3) is 2.15. The van der Waals surface area contributed by atoms with E-state index in [1.807, 2.05) is 6.92 Å². The average Bonchev–Trinajstić information content (AvgIpc) is 2.01. The van der Waals surface area contributed by atoms with Crippen LogP contribution in [0.2, 0.25) is 0 Å². The summed E-state index contributed by atoms with van der Waals surface area (Å²) in [6, 6.07) is 0. The van der Waals surface area contributed by atoms with Gasteiger partial charge in [0.1, 0.15) is 0 Å². The number of halogens is 4. The lowest BCUT2D eigenvalue weighted by molar-refractivity contribution is 0.396. The molecule has 1 fully saturated rings. The quantitative estimate of drug-likeness (QED) is 0.617. The van der Waals surface area contributed by atoms with Gasteiger partial charge in [0.2, 0.25) is 0 Å². The van der Waals surface area contributed by atoms with Crippen LogP contribution in [0.5, 0.6) is 0 Å². The van der Waals surface area contributed by atoms with Crippen molar-refractivity contribution in [3.8, 4) is 0 Å². The fraction of sp³-hybridized carbons (Fsp3) is 1.00. The van der Waals surface area contributed by atoms with Gasteiger partial charge in [-0.25, -0.2) is 0 Å². The van der Waals surface area contributed by atoms with E-state index < -0.39 is 0 Å². The zero-order valence-electron chi connectivity index (χ0n) is 6.87. The number of hydrogen-bond acceptors (Lipinski definition) is 0. The first kappa shape index (κ1) is 11.2. The van der Waals surface area contributed by atoms with Crippen molar-refractivity contribution in [2.24, 2.45) is 0 Å². The van der Waals surface area contributed by atoms with Crippen LogP contribution < -0.4 is 0 Å². The molecular weight excluding hydrogens is 238 g/mol. The zero-order valence-corrected chi connectivity index (χ0v) is 9.89. The topological polar surface area (TPSA) is 0 Å². The number of rotatable bonds is 1. The van der Waals surface area contributed by atoms with Gasteiger partial charge in [-0.15, -0.1) is 46.4 Å². The fourth-order valence-corrected chi connectivity index (χ4v) is 3.01. The van der Waals surface area contributed by atoms with Crippen molar-refractivity contribution < 1.29 is 0 Å². The van der Waals surface area contributed by atoms with Gasteiger partial charge in [-0.1, -0.05) is 6.92 Å². The summed E-state index contributed by atoms with van der Waals surface area (Å²) in [4.78, 5) is -0.348. The Morgan fingerprint density at radius 2 is 1.83 bits per heavy atom. The zero-order chi connectivity index (χ0) is 9.35. The van der Waals surface area contributed by atoms with E-state index in [9.17, 15) is 0 Å². The van der Waals surface area contributed by atoms with E-state index in [4.69, 9.17) is 46.4 Å². The summed E-state index contributed by atoms with van der Waals surface area (Å²) in [5.74, 6) is 0. The number of hydrogen-bond donors (Lipinski definition) is 0. The van der Waals surface area contributed by atoms with E-state index in [1.54, 1.807) is 0 Å². The van der Waals surface area contributed by atoms with Gasteiger partial charge in [0.05, 0.1) is 21.0 Å². The van der Waals surface area contributed by atoms with E-state index in [1.165, 1.54) is 0 Å². The van der Waals surface area contributed by atoms with Crippen LogP contribution in [0.15, 0.2) is 0 Å². The van der Waals surface area contributed by atoms with Crippen LogP contribution in [0, 0.1) is 0 Å². The molecule has 0 N–H and O–H groups in total. The standard InChI is InChI=1S/C8H12Cl4/c1-2-8(12)4-6(10)5(9)3-7(8)11/h5-7H,2-4H2,1H3/t5-,6+,7+,8-/m1/s1. The molecule has 0 aromatic carbocycles. The van der Waals surface area contributed by atoms with Gasteiger partial charge >= 0.3 is 0 Å². The van der Waals surface area contributed by atoms with Crippen molar-refractivity contribution in [3.05, 3.63) is 0 Å². The second-order valence-corrected chi connectivity index (χ2v) is 5.73. The second kappa shape index (κ2) is 4.13. The molecule has 0 aromatic rings. The molecule has 1 aliphatic rings. The third-order valence-corrected chi connectivity index (χ3v) is 4.97. The number of alkyl halides is 4. The smallest absolute Gasteiger partial charge is 0.0622 e. The summed E-state index contributed by atoms with van der Waals surface area (Å²) in [5.41, 5.74) is 0. The first-order valence-corrected chi connectivity index (χ1v) is 5.79. The molecule has 0 nitrogen and oxygen atoms in total. The van der Waals surface area contributed by atoms with E-state index >= 15 is 0 Å². The normalized spacial score (nSPS) is 49.2. The minimum atomic E-state index is -0.348. The van der Waals surface area contributed by atoms with Crippen molar-refractivity contribution >= 4 is 46.4 Å². The monoisotopic (exact) mass is 248 g/mol. The maximum atomic E-state index is 6.30. The molecule has 4 atom stereocenters. The van der Waals surface area contributed by atoms with Crippen molar-refractivity contribution in [2.75, 3.05) is 0 Å². The summed E-state index contributed by atoms with van der Waals surface area (Å²) in [7, 11) is 0. The summed E-state index contributed by atoms with van der Waals surface area (Å²) in [6.07, 6.45) is 2.25. The molecule has 12 heavy (non-hydrogen) atoms. The highest BCUT2D eigenvalue weighted by Gasteiger charge is 2.43. The van der Waals surface area contributed by atoms with Gasteiger partial charge in [0.15, 0.2) is 0 Å². The lowest BCUT2D eigenvalue weighted by atomic mass is 9.85. The summed E-state index contributed by atoms with van der Waals surface area (Å²) in [6.45, 7) is 2.03. The molecule has 1 saturated carbocycles. The van der Waals surface area contributed by atoms with Gasteiger partial charge in [0.25, 0.3) is 0 Å². The molecule has 0 bridgehead atoms. The third-order valence-electron chi connectivity index (χ3n) is 2.51. The average molecular weight is 250 g/mol. The molecule has 0 saturated heterocycles. The van der Waals surface area contributed by atoms with Crippen LogP contribution in [0.1, 0.15) is 26.2 Å². The molecule has 0 unspecified atom stereocenters. The largest absolute Gasteiger partial charge is 0.121 e. The SMILES string of the molecule is CC[C@@]1(Cl)C[C@H](Cl)[C@H](Cl)C[C@@H]1Cl. The van der Waals surface area contributed by atoms with Crippen LogP contribution in [0.4, 0.5) is 0 Å². The molecule has 4 heteroatoms. The van der Waals surface area contributed by atoms with Crippen molar-refractivity contribution in [1.82, 2.24) is 0 Å². The second-order valence-electron chi connectivity index (χ2n) is 3.33. The summed E-state index contributed by atoms with van der Waals surface area (Å²) < 4.78 is 0. The van der Waals surface area contributed by atoms with Crippen molar-refractivity contribution in [3.63, 3.8) is 0 Å². The van der Waals surface area contributed by atoms with E-state index in [2.05, 4.69) is 0 Å². The Morgan fingerprint density at radius 3 is 2.33 bits per heavy atom. The Bertz CT molecular complexity index is 161. The fourth-order valence-electron chi connectivity index (χ4n) is 1.50. The first-order valence-electron chi connectivity index (χ1n) is 4.10. The predicted octanol–water partition coefficient (Wildman–Crippen LogP) is 3.99. The maximum absolute atomic E-state index is 6.30. The Kier molecular flexibility index (Phi) is 3.86. The minimum Gasteiger partial charge on any atom is -0.121 e. The lowest BCUT2D eigenvalue weighted by Gasteiger charge is -2.39. The van der Waals surface area contributed by atoms with Gasteiger partial charge in [-0.2, -0.15) is 0 Å². The molecule has 0 radical (unpaired) electrons. The highest BCUT2D eigenvalue weighted by atomic mass is 35.5. The molecule has 1 rings (SSSR count). The van der Waals surface area contributed by atoms with E-state index in [-0.39, 0.29) is 21.0 Å². The van der Waals surface area contributed by atoms with Crippen LogP contribution in [-0.2, 0) is 0 Å². The van der Waals surface area contributed by atoms with Crippen LogP contribution in [0.3, 0.4) is 0 Å². The first-order chi connectivity index (χ1) is 5.49.